The highest BCUT2D eigenvalue weighted by atomic mass is 35.5. The van der Waals surface area contributed by atoms with Crippen LogP contribution in [0.25, 0.3) is 0 Å². The SMILES string of the molecule is CC1C=CC(C)C2C(=O)N(c3cc(Cl)cc(Cl)c3)C(=O)C12. The van der Waals surface area contributed by atoms with E-state index < -0.39 is 0 Å². The fourth-order valence-electron chi connectivity index (χ4n) is 3.33. The van der Waals surface area contributed by atoms with Gasteiger partial charge in [0.05, 0.1) is 17.5 Å². The van der Waals surface area contributed by atoms with Crippen LogP contribution in [0.2, 0.25) is 10.0 Å². The van der Waals surface area contributed by atoms with Crippen molar-refractivity contribution in [2.45, 2.75) is 13.8 Å². The van der Waals surface area contributed by atoms with Crippen molar-refractivity contribution >= 4 is 40.7 Å². The van der Waals surface area contributed by atoms with Gasteiger partial charge in [-0.05, 0) is 30.0 Å². The number of carbonyl (C=O) groups is 2. The third-order valence-corrected chi connectivity index (χ3v) is 4.79. The summed E-state index contributed by atoms with van der Waals surface area (Å²) in [4.78, 5) is 26.7. The maximum atomic E-state index is 12.7. The fraction of sp³-hybridized carbons (Fsp3) is 0.375. The summed E-state index contributed by atoms with van der Waals surface area (Å²) in [5.74, 6) is -0.797. The summed E-state index contributed by atoms with van der Waals surface area (Å²) in [7, 11) is 0. The van der Waals surface area contributed by atoms with Crippen LogP contribution in [0.5, 0.6) is 0 Å². The molecule has 2 aliphatic rings. The smallest absolute Gasteiger partial charge is 0.238 e. The Balaban J connectivity index is 2.06. The van der Waals surface area contributed by atoms with Crippen molar-refractivity contribution in [1.29, 1.82) is 0 Å². The summed E-state index contributed by atoms with van der Waals surface area (Å²) in [6.07, 6.45) is 4.04. The minimum atomic E-state index is -0.296. The number of carbonyl (C=O) groups excluding carboxylic acids is 2. The first-order valence-electron chi connectivity index (χ1n) is 6.92. The van der Waals surface area contributed by atoms with Crippen LogP contribution >= 0.6 is 23.2 Å². The molecule has 1 saturated heterocycles. The average molecular weight is 324 g/mol. The first kappa shape index (κ1) is 14.6. The quantitative estimate of drug-likeness (QED) is 0.579. The van der Waals surface area contributed by atoms with Crippen LogP contribution in [0.15, 0.2) is 30.4 Å². The summed E-state index contributed by atoms with van der Waals surface area (Å²) in [5, 5.41) is 0.819. The highest BCUT2D eigenvalue weighted by Crippen LogP contribution is 2.43. The van der Waals surface area contributed by atoms with E-state index in [0.29, 0.717) is 15.7 Å². The molecule has 3 rings (SSSR count). The summed E-state index contributed by atoms with van der Waals surface area (Å²) in [6, 6.07) is 4.78. The lowest BCUT2D eigenvalue weighted by molar-refractivity contribution is -0.122. The molecule has 0 N–H and O–H groups in total. The second-order valence-electron chi connectivity index (χ2n) is 5.79. The number of benzene rings is 1. The normalized spacial score (nSPS) is 31.7. The van der Waals surface area contributed by atoms with Crippen LogP contribution in [0.1, 0.15) is 13.8 Å². The molecule has 2 amide bonds. The lowest BCUT2D eigenvalue weighted by atomic mass is 9.73. The van der Waals surface area contributed by atoms with Gasteiger partial charge in [-0.15, -0.1) is 0 Å². The molecule has 0 saturated carbocycles. The van der Waals surface area contributed by atoms with Crippen molar-refractivity contribution in [3.63, 3.8) is 0 Å². The predicted octanol–water partition coefficient (Wildman–Crippen LogP) is 3.94. The molecule has 1 fully saturated rings. The van der Waals surface area contributed by atoms with Crippen molar-refractivity contribution in [3.8, 4) is 0 Å². The van der Waals surface area contributed by atoms with Crippen molar-refractivity contribution in [2.24, 2.45) is 23.7 Å². The van der Waals surface area contributed by atoms with Gasteiger partial charge < -0.3 is 0 Å². The molecule has 1 aromatic rings. The standard InChI is InChI=1S/C16H15Cl2NO2/c1-8-3-4-9(2)14-13(8)15(20)19(16(14)21)12-6-10(17)5-11(18)7-12/h3-9,13-14H,1-2H3. The zero-order chi connectivity index (χ0) is 15.3. The van der Waals surface area contributed by atoms with Gasteiger partial charge in [-0.3, -0.25) is 9.59 Å². The van der Waals surface area contributed by atoms with E-state index in [1.54, 1.807) is 18.2 Å². The first-order valence-corrected chi connectivity index (χ1v) is 7.68. The van der Waals surface area contributed by atoms with Crippen molar-refractivity contribution in [3.05, 3.63) is 40.4 Å². The number of anilines is 1. The molecule has 4 atom stereocenters. The van der Waals surface area contributed by atoms with Crippen LogP contribution in [0.3, 0.4) is 0 Å². The number of hydrogen-bond donors (Lipinski definition) is 0. The molecule has 0 spiro atoms. The van der Waals surface area contributed by atoms with Crippen LogP contribution in [0.4, 0.5) is 5.69 Å². The van der Waals surface area contributed by atoms with Crippen molar-refractivity contribution in [1.82, 2.24) is 0 Å². The Labute approximate surface area is 133 Å². The molecule has 0 bridgehead atoms. The summed E-state index contributed by atoms with van der Waals surface area (Å²) < 4.78 is 0. The van der Waals surface area contributed by atoms with E-state index in [2.05, 4.69) is 0 Å². The monoisotopic (exact) mass is 323 g/mol. The Morgan fingerprint density at radius 1 is 0.857 bits per heavy atom. The number of nitrogens with zero attached hydrogens (tertiary/aromatic N) is 1. The molecule has 1 aliphatic carbocycles. The van der Waals surface area contributed by atoms with Crippen LogP contribution < -0.4 is 4.90 Å². The number of rotatable bonds is 1. The molecule has 5 heteroatoms. The Kier molecular flexibility index (Phi) is 3.58. The molecular weight excluding hydrogens is 309 g/mol. The van der Waals surface area contributed by atoms with Gasteiger partial charge in [0.15, 0.2) is 0 Å². The third kappa shape index (κ3) is 2.29. The lowest BCUT2D eigenvalue weighted by Gasteiger charge is -2.27. The van der Waals surface area contributed by atoms with Gasteiger partial charge in [-0.25, -0.2) is 4.90 Å². The zero-order valence-electron chi connectivity index (χ0n) is 11.7. The molecule has 3 nitrogen and oxygen atoms in total. The zero-order valence-corrected chi connectivity index (χ0v) is 13.2. The van der Waals surface area contributed by atoms with Crippen LogP contribution in [-0.4, -0.2) is 11.8 Å². The van der Waals surface area contributed by atoms with E-state index in [1.807, 2.05) is 26.0 Å². The summed E-state index contributed by atoms with van der Waals surface area (Å²) >= 11 is 12.0. The maximum Gasteiger partial charge on any atom is 0.238 e. The van der Waals surface area contributed by atoms with Gasteiger partial charge in [0, 0.05) is 10.0 Å². The van der Waals surface area contributed by atoms with E-state index >= 15 is 0 Å². The van der Waals surface area contributed by atoms with Gasteiger partial charge >= 0.3 is 0 Å². The van der Waals surface area contributed by atoms with Crippen LogP contribution in [0, 0.1) is 23.7 Å². The highest BCUT2D eigenvalue weighted by Gasteiger charge is 2.52. The topological polar surface area (TPSA) is 37.4 Å². The van der Waals surface area contributed by atoms with E-state index in [9.17, 15) is 9.59 Å². The summed E-state index contributed by atoms with van der Waals surface area (Å²) in [5.41, 5.74) is 0.455. The molecule has 110 valence electrons. The van der Waals surface area contributed by atoms with Gasteiger partial charge in [0.1, 0.15) is 0 Å². The number of imide groups is 1. The van der Waals surface area contributed by atoms with Gasteiger partial charge in [0.2, 0.25) is 11.8 Å². The van der Waals surface area contributed by atoms with Gasteiger partial charge in [-0.1, -0.05) is 49.2 Å². The predicted molar refractivity (Wildman–Crippen MR) is 83.4 cm³/mol. The van der Waals surface area contributed by atoms with Crippen molar-refractivity contribution in [2.75, 3.05) is 4.90 Å². The highest BCUT2D eigenvalue weighted by molar-refractivity contribution is 6.35. The molecular formula is C16H15Cl2NO2. The van der Waals surface area contributed by atoms with Gasteiger partial charge in [0.25, 0.3) is 0 Å². The third-order valence-electron chi connectivity index (χ3n) is 4.35. The number of fused-ring (bicyclic) bond motifs is 1. The molecule has 4 unspecified atom stereocenters. The molecule has 1 aromatic carbocycles. The van der Waals surface area contributed by atoms with Crippen LogP contribution in [-0.2, 0) is 9.59 Å². The number of allylic oxidation sites excluding steroid dienone is 2. The minimum absolute atomic E-state index is 0.0577. The van der Waals surface area contributed by atoms with Gasteiger partial charge in [-0.2, -0.15) is 0 Å². The molecule has 1 heterocycles. The second kappa shape index (κ2) is 5.15. The largest absolute Gasteiger partial charge is 0.274 e. The Morgan fingerprint density at radius 2 is 1.29 bits per heavy atom. The number of halogens is 2. The van der Waals surface area contributed by atoms with E-state index in [1.165, 1.54) is 4.90 Å². The maximum absolute atomic E-state index is 12.7. The minimum Gasteiger partial charge on any atom is -0.274 e. The Hall–Kier alpha value is -1.32. The Morgan fingerprint density at radius 3 is 1.71 bits per heavy atom. The average Bonchev–Trinajstić information content (AvgIpc) is 2.66. The molecule has 0 aromatic heterocycles. The molecule has 0 radical (unpaired) electrons. The van der Waals surface area contributed by atoms with E-state index in [0.717, 1.165) is 0 Å². The Bertz CT molecular complexity index is 605. The summed E-state index contributed by atoms with van der Waals surface area (Å²) in [6.45, 7) is 3.94. The van der Waals surface area contributed by atoms with E-state index in [-0.39, 0.29) is 35.5 Å². The molecule has 1 aliphatic heterocycles. The number of hydrogen-bond acceptors (Lipinski definition) is 2. The fourth-order valence-corrected chi connectivity index (χ4v) is 3.85. The van der Waals surface area contributed by atoms with E-state index in [4.69, 9.17) is 23.2 Å². The lowest BCUT2D eigenvalue weighted by Crippen LogP contribution is -2.31. The van der Waals surface area contributed by atoms with Crippen molar-refractivity contribution < 1.29 is 9.59 Å². The second-order valence-corrected chi connectivity index (χ2v) is 6.67. The number of amides is 2. The first-order chi connectivity index (χ1) is 9.90. The molecule has 21 heavy (non-hydrogen) atoms.